The number of likely N-dealkylation sites (N-methyl/N-ethyl adjacent to an activating group) is 3. The summed E-state index contributed by atoms with van der Waals surface area (Å²) < 4.78 is 7.74. The predicted octanol–water partition coefficient (Wildman–Crippen LogP) is 17.1. The van der Waals surface area contributed by atoms with Gasteiger partial charge in [0.05, 0.1) is 42.1 Å². The summed E-state index contributed by atoms with van der Waals surface area (Å²) in [7, 11) is 6.50. The SMILES string of the molecule is CN1CCN(Cc2ccc(CC(=O)c3cccc(C#Cc4cnc5cnccn45)c3)cc2Cl)CC1.Cc1cc(CC(=O)c2cnc(C#Cc3cnc4ccccn34)s2)ccc1CN1CCN(C)CC1.Cc1ccc(C(=O)Cc2ccc(CN3CCN(C)CC3)cc2)cc1C#Cc1cnc2ccccn12.Cc1ccc(NCCN2CCCC2)c(CC(=O)c2ccc(C)c(C#Cc3cnc4ccccn34)c2)c1. The highest BCUT2D eigenvalue weighted by Crippen LogP contribution is 2.27. The van der Waals surface area contributed by atoms with Gasteiger partial charge in [0.1, 0.15) is 39.7 Å². The maximum atomic E-state index is 13.3. The lowest BCUT2D eigenvalue weighted by molar-refractivity contribution is 0.0984. The maximum absolute atomic E-state index is 13.3. The summed E-state index contributed by atoms with van der Waals surface area (Å²) in [6.45, 7) is 28.4. The van der Waals surface area contributed by atoms with E-state index in [2.05, 4.69) is 219 Å². The zero-order valence-electron chi connectivity index (χ0n) is 80.5. The van der Waals surface area contributed by atoms with E-state index in [4.69, 9.17) is 11.6 Å². The minimum Gasteiger partial charge on any atom is -0.384 e. The molecule has 0 unspecified atom stereocenters. The maximum Gasteiger partial charge on any atom is 0.178 e. The molecule has 24 heteroatoms. The van der Waals surface area contributed by atoms with Crippen molar-refractivity contribution >= 4 is 74.3 Å². The largest absolute Gasteiger partial charge is 0.384 e. The topological polar surface area (TPSA) is 198 Å². The lowest BCUT2D eigenvalue weighted by Gasteiger charge is -2.32. The smallest absolute Gasteiger partial charge is 0.178 e. The number of hydrogen-bond acceptors (Lipinski definition) is 19. The fourth-order valence-electron chi connectivity index (χ4n) is 17.5. The number of ketones is 4. The summed E-state index contributed by atoms with van der Waals surface area (Å²) in [4.78, 5) is 95.7. The number of hydrogen-bond donors (Lipinski definition) is 1. The number of Topliss-reactive ketones (excluding diaryl/α,β-unsaturated/α-hetero) is 4. The number of aryl methyl sites for hydroxylation is 4. The number of nitrogens with zero attached hydrogens (tertiary/aromatic N) is 17. The molecule has 7 aromatic carbocycles. The fraction of sp³-hybridized carbons (Fsp3) is 0.276. The first kappa shape index (κ1) is 97.2. The van der Waals surface area contributed by atoms with Crippen molar-refractivity contribution in [2.24, 2.45) is 0 Å². The Morgan fingerprint density at radius 2 is 0.843 bits per heavy atom. The molecular formula is C116H115ClN18O4S. The number of anilines is 1. The van der Waals surface area contributed by atoms with Gasteiger partial charge in [-0.25, -0.2) is 24.9 Å². The van der Waals surface area contributed by atoms with Crippen molar-refractivity contribution in [3.63, 3.8) is 0 Å². The summed E-state index contributed by atoms with van der Waals surface area (Å²) in [6.07, 6.45) is 23.7. The van der Waals surface area contributed by atoms with Gasteiger partial charge >= 0.3 is 0 Å². The predicted molar refractivity (Wildman–Crippen MR) is 558 cm³/mol. The number of rotatable bonds is 22. The lowest BCUT2D eigenvalue weighted by atomic mass is 9.97. The Kier molecular flexibility index (Phi) is 32.5. The highest BCUT2D eigenvalue weighted by molar-refractivity contribution is 7.14. The van der Waals surface area contributed by atoms with E-state index in [-0.39, 0.29) is 23.1 Å². The van der Waals surface area contributed by atoms with E-state index in [0.29, 0.717) is 52.3 Å². The normalized spacial score (nSPS) is 14.3. The second kappa shape index (κ2) is 46.8. The molecule has 16 aromatic rings. The van der Waals surface area contributed by atoms with Crippen molar-refractivity contribution in [1.82, 2.24) is 81.8 Å². The summed E-state index contributed by atoms with van der Waals surface area (Å²) in [5, 5.41) is 4.92. The van der Waals surface area contributed by atoms with Gasteiger partial charge in [0.25, 0.3) is 0 Å². The Morgan fingerprint density at radius 1 is 0.364 bits per heavy atom. The van der Waals surface area contributed by atoms with Crippen LogP contribution >= 0.6 is 22.9 Å². The number of carbonyl (C=O) groups is 4. The van der Waals surface area contributed by atoms with Crippen LogP contribution in [0.1, 0.15) is 159 Å². The molecule has 0 spiro atoms. The molecule has 140 heavy (non-hydrogen) atoms. The van der Waals surface area contributed by atoms with Gasteiger partial charge in [0.2, 0.25) is 0 Å². The van der Waals surface area contributed by atoms with Crippen molar-refractivity contribution in [1.29, 1.82) is 0 Å². The summed E-state index contributed by atoms with van der Waals surface area (Å²) in [6, 6.07) is 63.8. The molecule has 20 rings (SSSR count). The van der Waals surface area contributed by atoms with Crippen molar-refractivity contribution in [2.45, 2.75) is 85.9 Å². The standard InChI is InChI=1S/C31H32N4O.C30H30N4O.C28H26ClN5O.C27H27N5OS/c1-23-8-13-29(32-14-18-34-15-5-6-16-34)27(19-23)21-30(36)26-10-9-24(2)25(20-26)11-12-28-22-33-31-7-3-4-17-35(28)31;1-23-6-11-27(20-26(23)12-13-28-21-31-30-5-3-4-14-34(28)30)29(35)19-24-7-9-25(10-8-24)22-33-17-15-32(2)16-18-33;1-32-11-13-33(14-12-32)20-24-7-5-22(16-26(24)29)17-27(35)23-4-2-3-21(15-23)6-8-25-18-31-28-19-30-9-10-34(25)28;1-20-15-21(6-7-22(20)19-31-13-11-30(2)12-14-31)16-24(33)25-18-29-27(34-25)9-8-23-17-28-26-5-3-4-10-32(23)26/h3-4,7-10,13,17,19-20,22,32H,5-6,14-16,18,21H2,1-2H3;3-11,14,20-21H,15-19,22H2,1-2H3;2-5,7,9-10,15-16,18-19H,11-14,17,20H2,1H3;3-7,10,15,17-18H,11-14,16,19H2,1-2H3. The van der Waals surface area contributed by atoms with Crippen molar-refractivity contribution < 1.29 is 19.2 Å². The van der Waals surface area contributed by atoms with Gasteiger partial charge in [0.15, 0.2) is 33.8 Å². The number of carbonyl (C=O) groups excluding carboxylic acids is 4. The molecule has 1 N–H and O–H groups in total. The molecule has 0 radical (unpaired) electrons. The van der Waals surface area contributed by atoms with Crippen LogP contribution < -0.4 is 5.32 Å². The first-order chi connectivity index (χ1) is 68.2. The highest BCUT2D eigenvalue weighted by Gasteiger charge is 2.23. The first-order valence-electron chi connectivity index (χ1n) is 48.0. The Morgan fingerprint density at radius 3 is 1.41 bits per heavy atom. The minimum absolute atomic E-state index is 0.0393. The number of imidazole rings is 4. The number of aromatic nitrogens is 10. The molecule has 0 aliphatic carbocycles. The van der Waals surface area contributed by atoms with E-state index in [0.717, 1.165) is 229 Å². The highest BCUT2D eigenvalue weighted by atomic mass is 35.5. The second-order valence-corrected chi connectivity index (χ2v) is 38.0. The van der Waals surface area contributed by atoms with Crippen molar-refractivity contribution in [3.05, 3.63) is 395 Å². The molecule has 4 aliphatic heterocycles. The number of likely N-dealkylation sites (tertiary alicyclic amines) is 1. The van der Waals surface area contributed by atoms with Crippen LogP contribution in [-0.2, 0) is 45.3 Å². The zero-order valence-corrected chi connectivity index (χ0v) is 82.1. The summed E-state index contributed by atoms with van der Waals surface area (Å²) >= 11 is 7.93. The third-order valence-electron chi connectivity index (χ3n) is 26.1. The van der Waals surface area contributed by atoms with Crippen LogP contribution in [-0.4, -0.2) is 231 Å². The van der Waals surface area contributed by atoms with Gasteiger partial charge in [-0.3, -0.25) is 56.5 Å². The number of halogens is 1. The molecule has 0 saturated carbocycles. The van der Waals surface area contributed by atoms with Crippen LogP contribution in [0, 0.1) is 75.1 Å². The van der Waals surface area contributed by atoms with Gasteiger partial charge < -0.3 is 24.9 Å². The molecule has 0 atom stereocenters. The number of thiazole rings is 1. The van der Waals surface area contributed by atoms with E-state index < -0.39 is 0 Å². The average molecular weight is 1890 g/mol. The van der Waals surface area contributed by atoms with Gasteiger partial charge in [0, 0.05) is 212 Å². The van der Waals surface area contributed by atoms with E-state index >= 15 is 0 Å². The van der Waals surface area contributed by atoms with Crippen LogP contribution in [0.4, 0.5) is 5.69 Å². The van der Waals surface area contributed by atoms with E-state index in [1.54, 1.807) is 43.4 Å². The molecule has 13 heterocycles. The minimum atomic E-state index is 0.0393. The van der Waals surface area contributed by atoms with Gasteiger partial charge in [-0.05, 0) is 233 Å². The Bertz CT molecular complexity index is 7410. The Labute approximate surface area is 828 Å². The number of fused-ring (bicyclic) bond motifs is 4. The zero-order chi connectivity index (χ0) is 96.8. The van der Waals surface area contributed by atoms with Crippen molar-refractivity contribution in [2.75, 3.05) is 131 Å². The van der Waals surface area contributed by atoms with E-state index in [9.17, 15) is 19.2 Å². The molecular weight excluding hydrogens is 1780 g/mol. The molecule has 9 aromatic heterocycles. The molecule has 706 valence electrons. The monoisotopic (exact) mass is 1890 g/mol. The number of nitrogens with one attached hydrogen (secondary N) is 1. The van der Waals surface area contributed by atoms with Gasteiger partial charge in [-0.2, -0.15) is 0 Å². The molecule has 22 nitrogen and oxygen atoms in total. The van der Waals surface area contributed by atoms with Crippen LogP contribution in [0.2, 0.25) is 5.02 Å². The first-order valence-corrected chi connectivity index (χ1v) is 49.1. The summed E-state index contributed by atoms with van der Waals surface area (Å²) in [5.74, 6) is 25.7. The average Bonchev–Trinajstić information content (AvgIpc) is 1.49. The number of piperazine rings is 3. The fourth-order valence-corrected chi connectivity index (χ4v) is 18.5. The quantitative estimate of drug-likeness (QED) is 0.0496. The van der Waals surface area contributed by atoms with Crippen LogP contribution in [0.25, 0.3) is 22.6 Å². The molecule has 4 aliphatic rings. The van der Waals surface area contributed by atoms with Crippen LogP contribution in [0.3, 0.4) is 0 Å². The van der Waals surface area contributed by atoms with Gasteiger partial charge in [-0.15, -0.1) is 11.3 Å². The lowest BCUT2D eigenvalue weighted by Crippen LogP contribution is -2.43. The Balaban J connectivity index is 0.000000129. The molecule has 0 amide bonds. The second-order valence-electron chi connectivity index (χ2n) is 36.6. The number of benzene rings is 7. The van der Waals surface area contributed by atoms with Crippen LogP contribution in [0.15, 0.2) is 262 Å². The number of pyridine rings is 3. The molecule has 4 fully saturated rings. The van der Waals surface area contributed by atoms with E-state index in [1.807, 2.05) is 184 Å². The molecule has 4 saturated heterocycles. The van der Waals surface area contributed by atoms with E-state index in [1.165, 1.54) is 54.0 Å². The molecule has 0 bridgehead atoms. The van der Waals surface area contributed by atoms with Crippen molar-refractivity contribution in [3.8, 4) is 47.4 Å². The summed E-state index contributed by atoms with van der Waals surface area (Å²) in [5.41, 5.74) is 24.4. The third-order valence-corrected chi connectivity index (χ3v) is 27.4. The van der Waals surface area contributed by atoms with Crippen LogP contribution in [0.5, 0.6) is 0 Å². The van der Waals surface area contributed by atoms with Gasteiger partial charge in [-0.1, -0.05) is 156 Å². The Hall–Kier alpha value is -14.4. The third kappa shape index (κ3) is 26.1.